The molecule has 1 aromatic rings. The molecule has 0 aliphatic rings. The van der Waals surface area contributed by atoms with Crippen LogP contribution < -0.4 is 16.0 Å². The highest BCUT2D eigenvalue weighted by Gasteiger charge is 2.32. The molecular weight excluding hydrogens is 415 g/mol. The minimum Gasteiger partial charge on any atom is -0.451 e. The van der Waals surface area contributed by atoms with E-state index in [0.29, 0.717) is 6.54 Å². The quantitative estimate of drug-likeness (QED) is 0.567. The Balaban J connectivity index is 2.86. The molecule has 3 amide bonds. The lowest BCUT2D eigenvalue weighted by atomic mass is 10.0. The van der Waals surface area contributed by atoms with E-state index >= 15 is 0 Å². The summed E-state index contributed by atoms with van der Waals surface area (Å²) in [5.74, 6) is -1.99. The van der Waals surface area contributed by atoms with Crippen molar-refractivity contribution < 1.29 is 32.3 Å². The normalized spacial score (nSPS) is 13.4. The second-order valence-corrected chi connectivity index (χ2v) is 6.89. The fourth-order valence-electron chi connectivity index (χ4n) is 2.19. The third kappa shape index (κ3) is 7.45. The zero-order valence-corrected chi connectivity index (χ0v) is 17.1. The van der Waals surface area contributed by atoms with Gasteiger partial charge in [-0.05, 0) is 38.0 Å². The monoisotopic (exact) mass is 437 g/mol. The number of rotatable bonds is 7. The summed E-state index contributed by atoms with van der Waals surface area (Å²) in [6.07, 6.45) is -5.82. The van der Waals surface area contributed by atoms with Crippen molar-refractivity contribution in [1.29, 1.82) is 0 Å². The molecule has 3 N–H and O–H groups in total. The number of nitrogens with one attached hydrogen (secondary N) is 3. The van der Waals surface area contributed by atoms with E-state index in [0.717, 1.165) is 18.2 Å². The molecule has 1 aromatic carbocycles. The van der Waals surface area contributed by atoms with Gasteiger partial charge in [-0.25, -0.2) is 9.59 Å². The van der Waals surface area contributed by atoms with Gasteiger partial charge in [0.05, 0.1) is 16.3 Å². The van der Waals surface area contributed by atoms with Crippen LogP contribution in [-0.4, -0.2) is 36.6 Å². The van der Waals surface area contributed by atoms with E-state index in [2.05, 4.69) is 10.6 Å². The van der Waals surface area contributed by atoms with E-state index in [1.807, 2.05) is 5.32 Å². The maximum absolute atomic E-state index is 12.8. The maximum Gasteiger partial charge on any atom is 0.416 e. The molecule has 0 radical (unpaired) electrons. The van der Waals surface area contributed by atoms with Crippen LogP contribution in [0.4, 0.5) is 23.7 Å². The Kier molecular flexibility index (Phi) is 8.75. The van der Waals surface area contributed by atoms with Crippen LogP contribution in [0.25, 0.3) is 0 Å². The highest BCUT2D eigenvalue weighted by atomic mass is 35.5. The lowest BCUT2D eigenvalue weighted by Gasteiger charge is -2.24. The Bertz CT molecular complexity index is 756. The van der Waals surface area contributed by atoms with Crippen LogP contribution in [0.2, 0.25) is 5.02 Å². The highest BCUT2D eigenvalue weighted by Crippen LogP contribution is 2.34. The number of hydrogen-bond acceptors (Lipinski definition) is 5. The molecule has 0 heterocycles. The first-order chi connectivity index (χ1) is 13.4. The number of alkyl halides is 3. The molecule has 0 fully saturated rings. The second kappa shape index (κ2) is 10.3. The second-order valence-electron chi connectivity index (χ2n) is 6.49. The maximum atomic E-state index is 12.8. The highest BCUT2D eigenvalue weighted by molar-refractivity contribution is 6.33. The van der Waals surface area contributed by atoms with Gasteiger partial charge in [0, 0.05) is 6.54 Å². The third-order valence-corrected chi connectivity index (χ3v) is 4.08. The summed E-state index contributed by atoms with van der Waals surface area (Å²) in [7, 11) is 0. The van der Waals surface area contributed by atoms with E-state index < -0.39 is 41.8 Å². The third-order valence-electron chi connectivity index (χ3n) is 3.76. The Labute approximate surface area is 171 Å². The number of carbonyl (C=O) groups is 3. The van der Waals surface area contributed by atoms with Crippen molar-refractivity contribution in [3.63, 3.8) is 0 Å². The van der Waals surface area contributed by atoms with Gasteiger partial charge in [-0.2, -0.15) is 13.2 Å². The van der Waals surface area contributed by atoms with E-state index in [1.54, 1.807) is 20.8 Å². The molecule has 0 saturated heterocycles. The molecular formula is C18H23ClF3N3O4. The van der Waals surface area contributed by atoms with Crippen LogP contribution in [0.15, 0.2) is 18.2 Å². The molecule has 0 aromatic heterocycles. The summed E-state index contributed by atoms with van der Waals surface area (Å²) in [4.78, 5) is 35.7. The van der Waals surface area contributed by atoms with Gasteiger partial charge in [-0.15, -0.1) is 0 Å². The summed E-state index contributed by atoms with van der Waals surface area (Å²) >= 11 is 5.91. The first-order valence-corrected chi connectivity index (χ1v) is 9.17. The van der Waals surface area contributed by atoms with Gasteiger partial charge >= 0.3 is 18.2 Å². The molecule has 0 spiro atoms. The SMILES string of the molecule is CCNC(=O)NC(=O)C(C)OC(=O)[C@@H](Nc1ccc(C(F)(F)F)cc1Cl)C(C)C. The number of imide groups is 1. The molecule has 0 saturated carbocycles. The van der Waals surface area contributed by atoms with Gasteiger partial charge in [0.1, 0.15) is 6.04 Å². The molecule has 0 aliphatic heterocycles. The molecule has 0 bridgehead atoms. The minimum absolute atomic E-state index is 0.106. The Hall–Kier alpha value is -2.49. The minimum atomic E-state index is -4.55. The standard InChI is InChI=1S/C18H23ClF3N3O4/c1-5-23-17(28)25-15(26)10(4)29-16(27)14(9(2)3)24-13-7-6-11(8-12(13)19)18(20,21)22/h6-10,14,24H,5H2,1-4H3,(H2,23,25,26,28)/t10?,14-/m0/s1. The van der Waals surface area contributed by atoms with Crippen molar-refractivity contribution in [2.75, 3.05) is 11.9 Å². The summed E-state index contributed by atoms with van der Waals surface area (Å²) in [6, 6.07) is 0.965. The van der Waals surface area contributed by atoms with E-state index in [4.69, 9.17) is 16.3 Å². The largest absolute Gasteiger partial charge is 0.451 e. The number of ether oxygens (including phenoxy) is 1. The molecule has 11 heteroatoms. The molecule has 29 heavy (non-hydrogen) atoms. The van der Waals surface area contributed by atoms with Gasteiger partial charge < -0.3 is 15.4 Å². The van der Waals surface area contributed by atoms with Gasteiger partial charge in [-0.3, -0.25) is 10.1 Å². The van der Waals surface area contributed by atoms with Gasteiger partial charge in [0.15, 0.2) is 6.10 Å². The van der Waals surface area contributed by atoms with E-state index in [-0.39, 0.29) is 16.6 Å². The van der Waals surface area contributed by atoms with E-state index in [9.17, 15) is 27.6 Å². The van der Waals surface area contributed by atoms with Crippen molar-refractivity contribution in [3.05, 3.63) is 28.8 Å². The predicted molar refractivity (Wildman–Crippen MR) is 101 cm³/mol. The van der Waals surface area contributed by atoms with Gasteiger partial charge in [0.2, 0.25) is 0 Å². The number of benzene rings is 1. The predicted octanol–water partition coefficient (Wildman–Crippen LogP) is 3.57. The van der Waals surface area contributed by atoms with Crippen molar-refractivity contribution >= 4 is 35.2 Å². The van der Waals surface area contributed by atoms with Crippen molar-refractivity contribution in [2.24, 2.45) is 5.92 Å². The summed E-state index contributed by atoms with van der Waals surface area (Å²) in [5, 5.41) is 6.90. The Morgan fingerprint density at radius 3 is 2.28 bits per heavy atom. The molecule has 0 aliphatic carbocycles. The Morgan fingerprint density at radius 1 is 1.17 bits per heavy atom. The van der Waals surface area contributed by atoms with Crippen LogP contribution in [0, 0.1) is 5.92 Å². The molecule has 1 rings (SSSR count). The topological polar surface area (TPSA) is 96.5 Å². The van der Waals surface area contributed by atoms with Gasteiger partial charge in [-0.1, -0.05) is 25.4 Å². The zero-order chi connectivity index (χ0) is 22.4. The first-order valence-electron chi connectivity index (χ1n) is 8.79. The van der Waals surface area contributed by atoms with Gasteiger partial charge in [0.25, 0.3) is 5.91 Å². The number of anilines is 1. The zero-order valence-electron chi connectivity index (χ0n) is 16.3. The Morgan fingerprint density at radius 2 is 1.79 bits per heavy atom. The van der Waals surface area contributed by atoms with Crippen LogP contribution in [0.3, 0.4) is 0 Å². The average molecular weight is 438 g/mol. The fourth-order valence-corrected chi connectivity index (χ4v) is 2.43. The summed E-state index contributed by atoms with van der Waals surface area (Å²) in [5.41, 5.74) is -0.817. The van der Waals surface area contributed by atoms with Crippen LogP contribution >= 0.6 is 11.6 Å². The molecule has 7 nitrogen and oxygen atoms in total. The number of carbonyl (C=O) groups excluding carboxylic acids is 3. The fraction of sp³-hybridized carbons (Fsp3) is 0.500. The summed E-state index contributed by atoms with van der Waals surface area (Å²) in [6.45, 7) is 6.61. The number of halogens is 4. The summed E-state index contributed by atoms with van der Waals surface area (Å²) < 4.78 is 43.4. The number of hydrogen-bond donors (Lipinski definition) is 3. The van der Waals surface area contributed by atoms with Crippen LogP contribution in [0.5, 0.6) is 0 Å². The lowest BCUT2D eigenvalue weighted by molar-refractivity contribution is -0.156. The number of urea groups is 1. The lowest BCUT2D eigenvalue weighted by Crippen LogP contribution is -2.46. The average Bonchev–Trinajstić information content (AvgIpc) is 2.59. The van der Waals surface area contributed by atoms with Crippen molar-refractivity contribution in [1.82, 2.24) is 10.6 Å². The molecule has 2 atom stereocenters. The molecule has 1 unspecified atom stereocenters. The van der Waals surface area contributed by atoms with Crippen molar-refractivity contribution in [3.8, 4) is 0 Å². The number of amides is 3. The van der Waals surface area contributed by atoms with Crippen LogP contribution in [-0.2, 0) is 20.5 Å². The first kappa shape index (κ1) is 24.5. The smallest absolute Gasteiger partial charge is 0.416 e. The molecule has 162 valence electrons. The number of esters is 1. The van der Waals surface area contributed by atoms with Crippen molar-refractivity contribution in [2.45, 2.75) is 46.0 Å². The van der Waals surface area contributed by atoms with Crippen LogP contribution in [0.1, 0.15) is 33.3 Å². The van der Waals surface area contributed by atoms with E-state index in [1.165, 1.54) is 6.92 Å².